The molecule has 2 nitrogen and oxygen atoms in total. The van der Waals surface area contributed by atoms with Crippen LogP contribution in [0.1, 0.15) is 18.0 Å². The van der Waals surface area contributed by atoms with E-state index in [0.29, 0.717) is 0 Å². The average molecular weight is 209 g/mol. The summed E-state index contributed by atoms with van der Waals surface area (Å²) >= 11 is 1.60. The summed E-state index contributed by atoms with van der Waals surface area (Å²) < 4.78 is 12.9. The Hall–Kier alpha value is -1.12. The van der Waals surface area contributed by atoms with E-state index in [0.717, 1.165) is 22.6 Å². The Labute approximate surface area is 85.2 Å². The SMILES string of the molecule is O=C=NC1CCSc2cc(F)ccc21. The molecule has 0 saturated heterocycles. The lowest BCUT2D eigenvalue weighted by Crippen LogP contribution is -2.05. The third kappa shape index (κ3) is 1.72. The second-order valence-corrected chi connectivity index (χ2v) is 4.19. The molecule has 0 radical (unpaired) electrons. The summed E-state index contributed by atoms with van der Waals surface area (Å²) in [4.78, 5) is 14.8. The van der Waals surface area contributed by atoms with Crippen molar-refractivity contribution in [2.75, 3.05) is 5.75 Å². The third-order valence-electron chi connectivity index (χ3n) is 2.19. The highest BCUT2D eigenvalue weighted by Gasteiger charge is 2.20. The first-order valence-corrected chi connectivity index (χ1v) is 5.29. The van der Waals surface area contributed by atoms with Gasteiger partial charge in [0.25, 0.3) is 0 Å². The number of halogens is 1. The molecule has 1 aromatic rings. The summed E-state index contributed by atoms with van der Waals surface area (Å²) in [6.07, 6.45) is 2.38. The van der Waals surface area contributed by atoms with Crippen molar-refractivity contribution in [3.8, 4) is 0 Å². The van der Waals surface area contributed by atoms with Gasteiger partial charge in [-0.1, -0.05) is 6.07 Å². The summed E-state index contributed by atoms with van der Waals surface area (Å²) in [5, 5.41) is 0. The van der Waals surface area contributed by atoms with Gasteiger partial charge in [0.15, 0.2) is 0 Å². The van der Waals surface area contributed by atoms with Crippen LogP contribution in [0, 0.1) is 5.82 Å². The van der Waals surface area contributed by atoms with Crippen molar-refractivity contribution in [1.82, 2.24) is 0 Å². The molecule has 1 aliphatic rings. The van der Waals surface area contributed by atoms with Crippen LogP contribution >= 0.6 is 11.8 Å². The van der Waals surface area contributed by atoms with Gasteiger partial charge >= 0.3 is 0 Å². The smallest absolute Gasteiger partial charge is 0.211 e. The highest BCUT2D eigenvalue weighted by Crippen LogP contribution is 2.38. The lowest BCUT2D eigenvalue weighted by atomic mass is 10.0. The first-order chi connectivity index (χ1) is 6.81. The average Bonchev–Trinajstić information content (AvgIpc) is 2.18. The Kier molecular flexibility index (Phi) is 2.66. The second kappa shape index (κ2) is 3.95. The van der Waals surface area contributed by atoms with Gasteiger partial charge in [0, 0.05) is 10.6 Å². The predicted octanol–water partition coefficient (Wildman–Crippen LogP) is 2.70. The van der Waals surface area contributed by atoms with Crippen LogP contribution in [-0.2, 0) is 4.79 Å². The van der Waals surface area contributed by atoms with E-state index in [1.165, 1.54) is 12.1 Å². The fourth-order valence-corrected chi connectivity index (χ4v) is 2.67. The van der Waals surface area contributed by atoms with Gasteiger partial charge in [0.1, 0.15) is 5.82 Å². The summed E-state index contributed by atoms with van der Waals surface area (Å²) in [6.45, 7) is 0. The summed E-state index contributed by atoms with van der Waals surface area (Å²) in [6, 6.07) is 4.46. The van der Waals surface area contributed by atoms with E-state index in [2.05, 4.69) is 4.99 Å². The fraction of sp³-hybridized carbons (Fsp3) is 0.300. The van der Waals surface area contributed by atoms with E-state index < -0.39 is 0 Å². The Bertz CT molecular complexity index is 401. The minimum Gasteiger partial charge on any atom is -0.211 e. The molecule has 72 valence electrons. The van der Waals surface area contributed by atoms with Crippen LogP contribution in [0.4, 0.5) is 4.39 Å². The molecule has 14 heavy (non-hydrogen) atoms. The summed E-state index contributed by atoms with van der Waals surface area (Å²) in [7, 11) is 0. The number of hydrogen-bond acceptors (Lipinski definition) is 3. The molecule has 0 saturated carbocycles. The molecule has 0 spiro atoms. The fourth-order valence-electron chi connectivity index (χ4n) is 1.54. The van der Waals surface area contributed by atoms with Crippen LogP contribution in [0.25, 0.3) is 0 Å². The highest BCUT2D eigenvalue weighted by molar-refractivity contribution is 7.99. The number of aliphatic imine (C=N–C) groups is 1. The molecule has 0 fully saturated rings. The van der Waals surface area contributed by atoms with E-state index in [1.807, 2.05) is 0 Å². The van der Waals surface area contributed by atoms with Crippen LogP contribution in [0.2, 0.25) is 0 Å². The number of isocyanates is 1. The van der Waals surface area contributed by atoms with Crippen LogP contribution in [-0.4, -0.2) is 11.8 Å². The summed E-state index contributed by atoms with van der Waals surface area (Å²) in [5.74, 6) is 0.624. The number of benzene rings is 1. The molecule has 2 rings (SSSR count). The standard InChI is InChI=1S/C10H8FNOS/c11-7-1-2-8-9(12-6-13)3-4-14-10(8)5-7/h1-2,5,9H,3-4H2. The van der Waals surface area contributed by atoms with Crippen molar-refractivity contribution in [3.63, 3.8) is 0 Å². The zero-order chi connectivity index (χ0) is 9.97. The minimum absolute atomic E-state index is 0.135. The van der Waals surface area contributed by atoms with E-state index >= 15 is 0 Å². The molecule has 1 aromatic carbocycles. The maximum atomic E-state index is 12.9. The molecule has 1 atom stereocenters. The Balaban J connectivity index is 2.44. The normalized spacial score (nSPS) is 19.6. The lowest BCUT2D eigenvalue weighted by molar-refractivity contribution is 0.554. The molecule has 1 heterocycles. The number of thioether (sulfide) groups is 1. The Morgan fingerprint density at radius 2 is 2.43 bits per heavy atom. The lowest BCUT2D eigenvalue weighted by Gasteiger charge is -2.20. The number of rotatable bonds is 1. The molecule has 1 unspecified atom stereocenters. The van der Waals surface area contributed by atoms with E-state index in [4.69, 9.17) is 0 Å². The van der Waals surface area contributed by atoms with Gasteiger partial charge in [-0.3, -0.25) is 0 Å². The van der Waals surface area contributed by atoms with E-state index in [1.54, 1.807) is 23.9 Å². The molecule has 0 bridgehead atoms. The van der Waals surface area contributed by atoms with Gasteiger partial charge in [0.2, 0.25) is 6.08 Å². The van der Waals surface area contributed by atoms with Crippen LogP contribution < -0.4 is 0 Å². The number of nitrogens with zero attached hydrogens (tertiary/aromatic N) is 1. The van der Waals surface area contributed by atoms with Crippen LogP contribution in [0.15, 0.2) is 28.1 Å². The van der Waals surface area contributed by atoms with E-state index in [-0.39, 0.29) is 11.9 Å². The molecule has 0 amide bonds. The second-order valence-electron chi connectivity index (χ2n) is 3.06. The molecule has 0 N–H and O–H groups in total. The first-order valence-electron chi connectivity index (χ1n) is 4.30. The first kappa shape index (κ1) is 9.44. The van der Waals surface area contributed by atoms with Gasteiger partial charge in [-0.05, 0) is 24.1 Å². The maximum absolute atomic E-state index is 12.9. The van der Waals surface area contributed by atoms with Gasteiger partial charge in [-0.2, -0.15) is 4.99 Å². The quantitative estimate of drug-likeness (QED) is 0.525. The zero-order valence-corrected chi connectivity index (χ0v) is 8.18. The molecule has 1 aliphatic heterocycles. The molecule has 0 aromatic heterocycles. The molecular formula is C10H8FNOS. The Morgan fingerprint density at radius 3 is 3.21 bits per heavy atom. The maximum Gasteiger partial charge on any atom is 0.235 e. The van der Waals surface area contributed by atoms with Crippen molar-refractivity contribution in [3.05, 3.63) is 29.6 Å². The Morgan fingerprint density at radius 1 is 1.57 bits per heavy atom. The van der Waals surface area contributed by atoms with Gasteiger partial charge in [-0.15, -0.1) is 11.8 Å². The number of hydrogen-bond donors (Lipinski definition) is 0. The number of carbonyl (C=O) groups excluding carboxylic acids is 1. The minimum atomic E-state index is -0.244. The van der Waals surface area contributed by atoms with Gasteiger partial charge in [-0.25, -0.2) is 9.18 Å². The van der Waals surface area contributed by atoms with Crippen molar-refractivity contribution in [2.45, 2.75) is 17.4 Å². The largest absolute Gasteiger partial charge is 0.235 e. The molecule has 4 heteroatoms. The van der Waals surface area contributed by atoms with E-state index in [9.17, 15) is 9.18 Å². The van der Waals surface area contributed by atoms with Gasteiger partial charge in [0.05, 0.1) is 6.04 Å². The summed E-state index contributed by atoms with van der Waals surface area (Å²) in [5.41, 5.74) is 0.936. The van der Waals surface area contributed by atoms with Crippen LogP contribution in [0.3, 0.4) is 0 Å². The number of fused-ring (bicyclic) bond motifs is 1. The van der Waals surface area contributed by atoms with Gasteiger partial charge < -0.3 is 0 Å². The van der Waals surface area contributed by atoms with Crippen molar-refractivity contribution >= 4 is 17.8 Å². The highest BCUT2D eigenvalue weighted by atomic mass is 32.2. The van der Waals surface area contributed by atoms with Crippen molar-refractivity contribution < 1.29 is 9.18 Å². The molecular weight excluding hydrogens is 201 g/mol. The zero-order valence-electron chi connectivity index (χ0n) is 7.37. The topological polar surface area (TPSA) is 29.4 Å². The van der Waals surface area contributed by atoms with Crippen LogP contribution in [0.5, 0.6) is 0 Å². The third-order valence-corrected chi connectivity index (χ3v) is 3.30. The van der Waals surface area contributed by atoms with Crippen molar-refractivity contribution in [1.29, 1.82) is 0 Å². The monoisotopic (exact) mass is 209 g/mol. The van der Waals surface area contributed by atoms with Crippen molar-refractivity contribution in [2.24, 2.45) is 4.99 Å². The predicted molar refractivity (Wildman–Crippen MR) is 52.6 cm³/mol. The molecule has 0 aliphatic carbocycles.